The summed E-state index contributed by atoms with van der Waals surface area (Å²) in [6.45, 7) is 2.83. The van der Waals surface area contributed by atoms with Crippen LogP contribution in [0, 0.1) is 5.82 Å². The van der Waals surface area contributed by atoms with Crippen LogP contribution in [0.3, 0.4) is 0 Å². The Morgan fingerprint density at radius 1 is 1.53 bits per heavy atom. The third kappa shape index (κ3) is 5.25. The van der Waals surface area contributed by atoms with Crippen LogP contribution in [0.4, 0.5) is 4.39 Å². The minimum Gasteiger partial charge on any atom is -0.388 e. The molecule has 0 saturated heterocycles. The Kier molecular flexibility index (Phi) is 5.73. The predicted molar refractivity (Wildman–Crippen MR) is 72.1 cm³/mol. The van der Waals surface area contributed by atoms with Gasteiger partial charge in [-0.3, -0.25) is 0 Å². The van der Waals surface area contributed by atoms with Gasteiger partial charge in [-0.05, 0) is 30.9 Å². The van der Waals surface area contributed by atoms with E-state index in [0.717, 1.165) is 5.56 Å². The summed E-state index contributed by atoms with van der Waals surface area (Å²) in [6.07, 6.45) is 1.95. The molecule has 0 radical (unpaired) electrons. The van der Waals surface area contributed by atoms with Crippen molar-refractivity contribution in [1.29, 1.82) is 0 Å². The van der Waals surface area contributed by atoms with E-state index in [1.165, 1.54) is 6.07 Å². The Hall–Kier alpha value is -0.290. The fraction of sp³-hybridized carbons (Fsp3) is 0.500. The standard InChI is InChI=1S/C12H17ClFNOS/c1-12(16,8-17-2)7-15-6-9-3-4-11(14)10(13)5-9/h3-5,15-16H,6-8H2,1-2H3. The summed E-state index contributed by atoms with van der Waals surface area (Å²) in [5.41, 5.74) is 0.167. The van der Waals surface area contributed by atoms with Gasteiger partial charge in [0, 0.05) is 18.8 Å². The number of nitrogens with one attached hydrogen (secondary N) is 1. The maximum absolute atomic E-state index is 12.9. The fourth-order valence-electron chi connectivity index (χ4n) is 1.49. The van der Waals surface area contributed by atoms with E-state index >= 15 is 0 Å². The molecule has 5 heteroatoms. The molecule has 1 unspecified atom stereocenters. The zero-order chi connectivity index (χ0) is 12.9. The minimum atomic E-state index is -0.733. The average molecular weight is 278 g/mol. The zero-order valence-electron chi connectivity index (χ0n) is 9.96. The van der Waals surface area contributed by atoms with E-state index in [0.29, 0.717) is 18.8 Å². The highest BCUT2D eigenvalue weighted by Gasteiger charge is 2.18. The minimum absolute atomic E-state index is 0.125. The molecule has 0 fully saturated rings. The molecule has 0 spiro atoms. The summed E-state index contributed by atoms with van der Waals surface area (Å²) in [7, 11) is 0. The van der Waals surface area contributed by atoms with Crippen molar-refractivity contribution in [1.82, 2.24) is 5.32 Å². The molecule has 1 aromatic rings. The van der Waals surface area contributed by atoms with Crippen molar-refractivity contribution in [2.75, 3.05) is 18.6 Å². The molecule has 1 rings (SSSR count). The summed E-state index contributed by atoms with van der Waals surface area (Å²) >= 11 is 7.28. The molecule has 0 amide bonds. The summed E-state index contributed by atoms with van der Waals surface area (Å²) < 4.78 is 12.9. The van der Waals surface area contributed by atoms with E-state index in [2.05, 4.69) is 5.32 Å². The first kappa shape index (κ1) is 14.8. The molecule has 0 aliphatic rings. The number of benzene rings is 1. The van der Waals surface area contributed by atoms with Crippen molar-refractivity contribution in [3.63, 3.8) is 0 Å². The van der Waals surface area contributed by atoms with Crippen LogP contribution >= 0.6 is 23.4 Å². The lowest BCUT2D eigenvalue weighted by Crippen LogP contribution is -2.39. The Balaban J connectivity index is 2.43. The first-order valence-corrected chi connectivity index (χ1v) is 7.08. The molecular weight excluding hydrogens is 261 g/mol. The Morgan fingerprint density at radius 2 is 2.24 bits per heavy atom. The average Bonchev–Trinajstić information content (AvgIpc) is 2.23. The quantitative estimate of drug-likeness (QED) is 0.839. The van der Waals surface area contributed by atoms with E-state index in [4.69, 9.17) is 11.6 Å². The molecule has 0 aromatic heterocycles. The van der Waals surface area contributed by atoms with E-state index < -0.39 is 11.4 Å². The molecule has 0 aliphatic heterocycles. The lowest BCUT2D eigenvalue weighted by atomic mass is 10.1. The Bertz CT molecular complexity index is 374. The number of hydrogen-bond acceptors (Lipinski definition) is 3. The molecule has 0 bridgehead atoms. The highest BCUT2D eigenvalue weighted by atomic mass is 35.5. The molecule has 0 saturated carbocycles. The van der Waals surface area contributed by atoms with Gasteiger partial charge in [0.2, 0.25) is 0 Å². The van der Waals surface area contributed by atoms with Gasteiger partial charge in [0.25, 0.3) is 0 Å². The maximum Gasteiger partial charge on any atom is 0.141 e. The maximum atomic E-state index is 12.9. The highest BCUT2D eigenvalue weighted by Crippen LogP contribution is 2.16. The third-order valence-corrected chi connectivity index (χ3v) is 3.47. The number of halogens is 2. The van der Waals surface area contributed by atoms with Gasteiger partial charge in [-0.15, -0.1) is 0 Å². The van der Waals surface area contributed by atoms with Crippen LogP contribution < -0.4 is 5.32 Å². The van der Waals surface area contributed by atoms with E-state index in [1.807, 2.05) is 6.26 Å². The van der Waals surface area contributed by atoms with Crippen LogP contribution in [-0.4, -0.2) is 29.3 Å². The van der Waals surface area contributed by atoms with Gasteiger partial charge in [-0.25, -0.2) is 4.39 Å². The molecule has 1 aromatic carbocycles. The molecule has 96 valence electrons. The van der Waals surface area contributed by atoms with Crippen LogP contribution in [0.2, 0.25) is 5.02 Å². The van der Waals surface area contributed by atoms with Crippen LogP contribution in [-0.2, 0) is 6.54 Å². The smallest absolute Gasteiger partial charge is 0.141 e. The van der Waals surface area contributed by atoms with Crippen molar-refractivity contribution in [3.05, 3.63) is 34.6 Å². The molecule has 0 aliphatic carbocycles. The molecule has 2 N–H and O–H groups in total. The number of aliphatic hydroxyl groups is 1. The Morgan fingerprint density at radius 3 is 2.82 bits per heavy atom. The molecule has 17 heavy (non-hydrogen) atoms. The molecule has 0 heterocycles. The summed E-state index contributed by atoms with van der Waals surface area (Å²) in [6, 6.07) is 4.62. The van der Waals surface area contributed by atoms with E-state index in [1.54, 1.807) is 30.8 Å². The monoisotopic (exact) mass is 277 g/mol. The van der Waals surface area contributed by atoms with Crippen LogP contribution in [0.15, 0.2) is 18.2 Å². The summed E-state index contributed by atoms with van der Waals surface area (Å²) in [4.78, 5) is 0. The first-order chi connectivity index (χ1) is 7.94. The van der Waals surface area contributed by atoms with Crippen molar-refractivity contribution in [2.24, 2.45) is 0 Å². The molecule has 1 atom stereocenters. The number of rotatable bonds is 6. The molecule has 2 nitrogen and oxygen atoms in total. The van der Waals surface area contributed by atoms with Crippen molar-refractivity contribution in [3.8, 4) is 0 Å². The van der Waals surface area contributed by atoms with Crippen LogP contribution in [0.1, 0.15) is 12.5 Å². The van der Waals surface area contributed by atoms with E-state index in [9.17, 15) is 9.50 Å². The second-order valence-electron chi connectivity index (χ2n) is 4.28. The first-order valence-electron chi connectivity index (χ1n) is 5.30. The van der Waals surface area contributed by atoms with Crippen molar-refractivity contribution < 1.29 is 9.50 Å². The molecular formula is C12H17ClFNOS. The second-order valence-corrected chi connectivity index (χ2v) is 5.56. The zero-order valence-corrected chi connectivity index (χ0v) is 11.5. The predicted octanol–water partition coefficient (Wildman–Crippen LogP) is 2.68. The fourth-order valence-corrected chi connectivity index (χ4v) is 2.41. The lowest BCUT2D eigenvalue weighted by molar-refractivity contribution is 0.0846. The van der Waals surface area contributed by atoms with Gasteiger partial charge in [-0.1, -0.05) is 17.7 Å². The largest absolute Gasteiger partial charge is 0.388 e. The highest BCUT2D eigenvalue weighted by molar-refractivity contribution is 7.98. The van der Waals surface area contributed by atoms with E-state index in [-0.39, 0.29) is 5.02 Å². The van der Waals surface area contributed by atoms with Crippen LogP contribution in [0.5, 0.6) is 0 Å². The van der Waals surface area contributed by atoms with Crippen molar-refractivity contribution in [2.45, 2.75) is 19.1 Å². The van der Waals surface area contributed by atoms with Gasteiger partial charge in [0.15, 0.2) is 0 Å². The summed E-state index contributed by atoms with van der Waals surface area (Å²) in [5, 5.41) is 13.2. The normalized spacial score (nSPS) is 14.6. The number of hydrogen-bond donors (Lipinski definition) is 2. The number of thioether (sulfide) groups is 1. The Labute approximate surface area is 111 Å². The van der Waals surface area contributed by atoms with Gasteiger partial charge in [-0.2, -0.15) is 11.8 Å². The lowest BCUT2D eigenvalue weighted by Gasteiger charge is -2.22. The SMILES string of the molecule is CSCC(C)(O)CNCc1ccc(F)c(Cl)c1. The van der Waals surface area contributed by atoms with Gasteiger partial charge >= 0.3 is 0 Å². The third-order valence-electron chi connectivity index (χ3n) is 2.27. The van der Waals surface area contributed by atoms with Gasteiger partial charge in [0.1, 0.15) is 5.82 Å². The van der Waals surface area contributed by atoms with Crippen LogP contribution in [0.25, 0.3) is 0 Å². The van der Waals surface area contributed by atoms with Gasteiger partial charge < -0.3 is 10.4 Å². The van der Waals surface area contributed by atoms with Gasteiger partial charge in [0.05, 0.1) is 10.6 Å². The second kappa shape index (κ2) is 6.59. The summed E-state index contributed by atoms with van der Waals surface area (Å²) in [5.74, 6) is 0.259. The topological polar surface area (TPSA) is 32.3 Å². The van der Waals surface area contributed by atoms with Crippen molar-refractivity contribution >= 4 is 23.4 Å².